The van der Waals surface area contributed by atoms with Gasteiger partial charge in [0, 0.05) is 29.4 Å². The van der Waals surface area contributed by atoms with Crippen molar-refractivity contribution in [1.82, 2.24) is 9.97 Å². The van der Waals surface area contributed by atoms with Crippen LogP contribution in [0.15, 0.2) is 36.9 Å². The molecule has 1 heterocycles. The van der Waals surface area contributed by atoms with Crippen LogP contribution in [0.1, 0.15) is 22.8 Å². The molecule has 1 aromatic carbocycles. The number of aliphatic hydroxyl groups is 1. The Morgan fingerprint density at radius 2 is 2.00 bits per heavy atom. The van der Waals surface area contributed by atoms with E-state index in [0.717, 1.165) is 11.1 Å². The molecule has 1 unspecified atom stereocenters. The molecule has 3 nitrogen and oxygen atoms in total. The van der Waals surface area contributed by atoms with Gasteiger partial charge in [-0.1, -0.05) is 23.7 Å². The third-order valence-corrected chi connectivity index (χ3v) is 2.94. The monoisotopic (exact) mass is 248 g/mol. The lowest BCUT2D eigenvalue weighted by atomic mass is 10.0. The molecule has 2 aromatic rings. The van der Waals surface area contributed by atoms with Gasteiger partial charge in [-0.2, -0.15) is 0 Å². The van der Waals surface area contributed by atoms with Gasteiger partial charge < -0.3 is 5.11 Å². The van der Waals surface area contributed by atoms with Gasteiger partial charge in [-0.25, -0.2) is 9.97 Å². The number of hydrogen-bond acceptors (Lipinski definition) is 3. The van der Waals surface area contributed by atoms with Gasteiger partial charge in [0.15, 0.2) is 0 Å². The van der Waals surface area contributed by atoms with E-state index in [9.17, 15) is 5.11 Å². The second-order valence-electron chi connectivity index (χ2n) is 3.99. The number of aryl methyl sites for hydroxylation is 1. The Morgan fingerprint density at radius 3 is 2.65 bits per heavy atom. The highest BCUT2D eigenvalue weighted by Crippen LogP contribution is 2.23. The summed E-state index contributed by atoms with van der Waals surface area (Å²) in [5.41, 5.74) is 2.73. The van der Waals surface area contributed by atoms with Crippen LogP contribution >= 0.6 is 11.6 Å². The topological polar surface area (TPSA) is 46.0 Å². The van der Waals surface area contributed by atoms with Gasteiger partial charge in [0.25, 0.3) is 0 Å². The lowest BCUT2D eigenvalue weighted by Crippen LogP contribution is -2.03. The van der Waals surface area contributed by atoms with E-state index in [1.807, 2.05) is 25.1 Å². The van der Waals surface area contributed by atoms with Crippen molar-refractivity contribution in [3.05, 3.63) is 58.6 Å². The number of nitrogens with zero attached hydrogens (tertiary/aromatic N) is 2. The highest BCUT2D eigenvalue weighted by atomic mass is 35.5. The molecular formula is C13H13ClN2O. The Bertz CT molecular complexity index is 502. The second-order valence-corrected chi connectivity index (χ2v) is 4.39. The molecule has 17 heavy (non-hydrogen) atoms. The summed E-state index contributed by atoms with van der Waals surface area (Å²) in [5, 5.41) is 10.7. The van der Waals surface area contributed by atoms with Gasteiger partial charge in [-0.15, -0.1) is 0 Å². The molecule has 0 fully saturated rings. The van der Waals surface area contributed by atoms with Gasteiger partial charge >= 0.3 is 0 Å². The molecule has 0 saturated heterocycles. The maximum atomic E-state index is 10.0. The van der Waals surface area contributed by atoms with Crippen LogP contribution in [0.3, 0.4) is 0 Å². The van der Waals surface area contributed by atoms with Crippen LogP contribution in [0, 0.1) is 6.92 Å². The SMILES string of the molecule is Cc1ccc(CC(O)c2cncnc2)c(Cl)c1. The molecule has 0 radical (unpaired) electrons. The first kappa shape index (κ1) is 12.0. The largest absolute Gasteiger partial charge is 0.388 e. The lowest BCUT2D eigenvalue weighted by Gasteiger charge is -2.11. The molecule has 0 bridgehead atoms. The van der Waals surface area contributed by atoms with Crippen molar-refractivity contribution in [1.29, 1.82) is 0 Å². The zero-order valence-electron chi connectivity index (χ0n) is 9.47. The second kappa shape index (κ2) is 5.25. The number of aromatic nitrogens is 2. The average molecular weight is 249 g/mol. The number of halogens is 1. The van der Waals surface area contributed by atoms with E-state index in [1.165, 1.54) is 6.33 Å². The summed E-state index contributed by atoms with van der Waals surface area (Å²) >= 11 is 6.12. The Balaban J connectivity index is 2.16. The summed E-state index contributed by atoms with van der Waals surface area (Å²) in [6.45, 7) is 1.98. The van der Waals surface area contributed by atoms with Crippen LogP contribution in [0.25, 0.3) is 0 Å². The van der Waals surface area contributed by atoms with Gasteiger partial charge in [-0.3, -0.25) is 0 Å². The predicted molar refractivity (Wildman–Crippen MR) is 66.9 cm³/mol. The molecule has 0 saturated carbocycles. The molecular weight excluding hydrogens is 236 g/mol. The summed E-state index contributed by atoms with van der Waals surface area (Å²) < 4.78 is 0. The molecule has 88 valence electrons. The third-order valence-electron chi connectivity index (χ3n) is 2.59. The highest BCUT2D eigenvalue weighted by Gasteiger charge is 2.11. The lowest BCUT2D eigenvalue weighted by molar-refractivity contribution is 0.177. The van der Waals surface area contributed by atoms with Crippen molar-refractivity contribution in [3.63, 3.8) is 0 Å². The number of rotatable bonds is 3. The van der Waals surface area contributed by atoms with Crippen molar-refractivity contribution in [2.45, 2.75) is 19.4 Å². The summed E-state index contributed by atoms with van der Waals surface area (Å²) in [6.07, 6.45) is 4.50. The normalized spacial score (nSPS) is 12.4. The minimum absolute atomic E-state index is 0.465. The maximum Gasteiger partial charge on any atom is 0.115 e. The van der Waals surface area contributed by atoms with Gasteiger partial charge in [0.1, 0.15) is 6.33 Å². The zero-order valence-corrected chi connectivity index (χ0v) is 10.2. The first-order valence-corrected chi connectivity index (χ1v) is 5.72. The highest BCUT2D eigenvalue weighted by molar-refractivity contribution is 6.31. The standard InChI is InChI=1S/C13H13ClN2O/c1-9-2-3-10(12(14)4-9)5-13(17)11-6-15-8-16-7-11/h2-4,6-8,13,17H,5H2,1H3. The summed E-state index contributed by atoms with van der Waals surface area (Å²) in [6, 6.07) is 5.81. The number of benzene rings is 1. The summed E-state index contributed by atoms with van der Waals surface area (Å²) in [7, 11) is 0. The van der Waals surface area contributed by atoms with Gasteiger partial charge in [-0.05, 0) is 24.1 Å². The average Bonchev–Trinajstić information content (AvgIpc) is 2.34. The van der Waals surface area contributed by atoms with Crippen molar-refractivity contribution in [2.75, 3.05) is 0 Å². The molecule has 1 aromatic heterocycles. The molecule has 0 aliphatic rings. The Hall–Kier alpha value is -1.45. The molecule has 0 amide bonds. The Morgan fingerprint density at radius 1 is 1.29 bits per heavy atom. The number of hydrogen-bond donors (Lipinski definition) is 1. The predicted octanol–water partition coefficient (Wildman–Crippen LogP) is 2.71. The summed E-state index contributed by atoms with van der Waals surface area (Å²) in [5.74, 6) is 0. The fraction of sp³-hybridized carbons (Fsp3) is 0.231. The molecule has 4 heteroatoms. The van der Waals surface area contributed by atoms with Crippen LogP contribution in [0.4, 0.5) is 0 Å². The van der Waals surface area contributed by atoms with Crippen molar-refractivity contribution >= 4 is 11.6 Å². The van der Waals surface area contributed by atoms with Crippen LogP contribution in [0.5, 0.6) is 0 Å². The zero-order chi connectivity index (χ0) is 12.3. The Labute approximate surface area is 105 Å². The van der Waals surface area contributed by atoms with Crippen molar-refractivity contribution in [3.8, 4) is 0 Å². The summed E-state index contributed by atoms with van der Waals surface area (Å²) in [4.78, 5) is 7.76. The van der Waals surface area contributed by atoms with E-state index >= 15 is 0 Å². The maximum absolute atomic E-state index is 10.0. The van der Waals surface area contributed by atoms with E-state index in [4.69, 9.17) is 11.6 Å². The minimum atomic E-state index is -0.628. The fourth-order valence-electron chi connectivity index (χ4n) is 1.63. The first-order valence-electron chi connectivity index (χ1n) is 5.35. The number of aliphatic hydroxyl groups excluding tert-OH is 1. The van der Waals surface area contributed by atoms with Crippen LogP contribution < -0.4 is 0 Å². The molecule has 0 spiro atoms. The van der Waals surface area contributed by atoms with Crippen LogP contribution in [-0.4, -0.2) is 15.1 Å². The van der Waals surface area contributed by atoms with E-state index in [0.29, 0.717) is 17.0 Å². The smallest absolute Gasteiger partial charge is 0.115 e. The van der Waals surface area contributed by atoms with Crippen molar-refractivity contribution < 1.29 is 5.11 Å². The van der Waals surface area contributed by atoms with E-state index < -0.39 is 6.10 Å². The first-order chi connectivity index (χ1) is 8.16. The van der Waals surface area contributed by atoms with Crippen LogP contribution in [0.2, 0.25) is 5.02 Å². The molecule has 1 N–H and O–H groups in total. The Kier molecular flexibility index (Phi) is 3.71. The minimum Gasteiger partial charge on any atom is -0.388 e. The van der Waals surface area contributed by atoms with Crippen LogP contribution in [-0.2, 0) is 6.42 Å². The molecule has 1 atom stereocenters. The quantitative estimate of drug-likeness (QED) is 0.909. The molecule has 0 aliphatic heterocycles. The third kappa shape index (κ3) is 3.02. The van der Waals surface area contributed by atoms with E-state index in [1.54, 1.807) is 12.4 Å². The molecule has 0 aliphatic carbocycles. The molecule has 2 rings (SSSR count). The van der Waals surface area contributed by atoms with Crippen molar-refractivity contribution in [2.24, 2.45) is 0 Å². The van der Waals surface area contributed by atoms with Gasteiger partial charge in [0.2, 0.25) is 0 Å². The van der Waals surface area contributed by atoms with Gasteiger partial charge in [0.05, 0.1) is 6.10 Å². The fourth-order valence-corrected chi connectivity index (χ4v) is 1.94. The van der Waals surface area contributed by atoms with E-state index in [-0.39, 0.29) is 0 Å². The van der Waals surface area contributed by atoms with E-state index in [2.05, 4.69) is 9.97 Å².